The summed E-state index contributed by atoms with van der Waals surface area (Å²) in [6, 6.07) is 53.5. The summed E-state index contributed by atoms with van der Waals surface area (Å²) in [5.41, 5.74) is 8.91. The minimum Gasteiger partial charge on any atom is -0.310 e. The molecule has 0 N–H and O–H groups in total. The fourth-order valence-corrected chi connectivity index (χ4v) is 11.9. The summed E-state index contributed by atoms with van der Waals surface area (Å²) in [7, 11) is 0. The molecule has 0 radical (unpaired) electrons. The lowest BCUT2D eigenvalue weighted by Gasteiger charge is -2.17. The third-order valence-electron chi connectivity index (χ3n) is 10.9. The van der Waals surface area contributed by atoms with Crippen molar-refractivity contribution in [2.24, 2.45) is 0 Å². The number of aromatic nitrogens is 2. The number of hydrogen-bond acceptors (Lipinski definition) is 3. The molecule has 0 fully saturated rings. The number of benzene rings is 5. The molecule has 0 bridgehead atoms. The maximum absolute atomic E-state index is 2.44. The standard InChI is InChI=1S/C48H34N2S3/c1-5-13-39-35(9-1)36-10-2-6-14-40(36)49(39)33-21-17-31(18-22-33)43-25-27-45(51-43)47-29-30-48(53-47)46-28-26-44(52-46)32-19-23-34(24-20-32)50-41-15-7-3-11-37(41)38-12-4-8-16-42(38)50/h1-19,21-24,26-30,32,43H,20,25H2. The number of fused-ring (bicyclic) bond motifs is 6. The van der Waals surface area contributed by atoms with Crippen molar-refractivity contribution in [2.45, 2.75) is 24.0 Å². The van der Waals surface area contributed by atoms with Crippen LogP contribution in [0, 0.1) is 0 Å². The summed E-state index contributed by atoms with van der Waals surface area (Å²) < 4.78 is 4.82. The number of thioether (sulfide) groups is 1. The predicted octanol–water partition coefficient (Wildman–Crippen LogP) is 14.5. The van der Waals surface area contributed by atoms with Crippen molar-refractivity contribution in [1.29, 1.82) is 0 Å². The fraction of sp³-hybridized carbons (Fsp3) is 0.0833. The molecule has 2 aliphatic rings. The summed E-state index contributed by atoms with van der Waals surface area (Å²) in [6.07, 6.45) is 11.7. The average Bonchev–Trinajstić information content (AvgIpc) is 4.07. The molecule has 5 aromatic carbocycles. The normalized spacial score (nSPS) is 17.4. The van der Waals surface area contributed by atoms with Crippen molar-refractivity contribution in [3.05, 3.63) is 185 Å². The van der Waals surface area contributed by atoms with Gasteiger partial charge in [0.25, 0.3) is 0 Å². The Kier molecular flexibility index (Phi) is 7.46. The third-order valence-corrected chi connectivity index (χ3v) is 14.9. The summed E-state index contributed by atoms with van der Waals surface area (Å²) in [5, 5.41) is 5.66. The molecule has 1 aliphatic carbocycles. The number of thiophene rings is 2. The number of para-hydroxylation sites is 4. The topological polar surface area (TPSA) is 9.86 Å². The quantitative estimate of drug-likeness (QED) is 0.165. The van der Waals surface area contributed by atoms with Crippen molar-refractivity contribution in [1.82, 2.24) is 9.13 Å². The third kappa shape index (κ3) is 5.21. The first-order valence-corrected chi connectivity index (χ1v) is 20.8. The lowest BCUT2D eigenvalue weighted by Crippen LogP contribution is -2.01. The Bertz CT molecular complexity index is 2840. The van der Waals surface area contributed by atoms with Crippen LogP contribution in [0.2, 0.25) is 0 Å². The zero-order valence-corrected chi connectivity index (χ0v) is 31.3. The Morgan fingerprint density at radius 2 is 1.02 bits per heavy atom. The van der Waals surface area contributed by atoms with E-state index in [1.54, 1.807) is 0 Å². The van der Waals surface area contributed by atoms with Crippen molar-refractivity contribution < 1.29 is 0 Å². The molecule has 9 aromatic rings. The van der Waals surface area contributed by atoms with Crippen molar-refractivity contribution >= 4 is 88.6 Å². The van der Waals surface area contributed by atoms with Gasteiger partial charge in [-0.05, 0) is 85.1 Å². The molecule has 53 heavy (non-hydrogen) atoms. The van der Waals surface area contributed by atoms with Crippen LogP contribution >= 0.6 is 34.4 Å². The van der Waals surface area contributed by atoms with E-state index >= 15 is 0 Å². The Balaban J connectivity index is 0.785. The summed E-state index contributed by atoms with van der Waals surface area (Å²) >= 11 is 5.89. The van der Waals surface area contributed by atoms with E-state index in [4.69, 9.17) is 0 Å². The van der Waals surface area contributed by atoms with E-state index in [2.05, 4.69) is 179 Å². The van der Waals surface area contributed by atoms with E-state index in [-0.39, 0.29) is 0 Å². The van der Waals surface area contributed by atoms with E-state index < -0.39 is 0 Å². The lowest BCUT2D eigenvalue weighted by atomic mass is 9.97. The second kappa shape index (κ2) is 12.7. The van der Waals surface area contributed by atoms with Crippen molar-refractivity contribution in [2.75, 3.05) is 0 Å². The van der Waals surface area contributed by atoms with Gasteiger partial charge in [0.15, 0.2) is 0 Å². The van der Waals surface area contributed by atoms with Crippen LogP contribution in [-0.2, 0) is 0 Å². The van der Waals surface area contributed by atoms with Crippen LogP contribution in [0.4, 0.5) is 0 Å². The Labute approximate surface area is 320 Å². The minimum atomic E-state index is 0.403. The highest BCUT2D eigenvalue weighted by Crippen LogP contribution is 2.51. The molecule has 1 aliphatic heterocycles. The molecule has 2 atom stereocenters. The molecule has 254 valence electrons. The molecule has 5 heteroatoms. The zero-order chi connectivity index (χ0) is 34.9. The van der Waals surface area contributed by atoms with Gasteiger partial charge in [-0.1, -0.05) is 103 Å². The average molecular weight is 735 g/mol. The molecule has 5 heterocycles. The van der Waals surface area contributed by atoms with E-state index in [9.17, 15) is 0 Å². The maximum atomic E-state index is 2.44. The number of allylic oxidation sites excluding steroid dienone is 5. The summed E-state index contributed by atoms with van der Waals surface area (Å²) in [6.45, 7) is 0. The van der Waals surface area contributed by atoms with E-state index in [1.807, 2.05) is 34.4 Å². The van der Waals surface area contributed by atoms with Crippen molar-refractivity contribution in [3.63, 3.8) is 0 Å². The van der Waals surface area contributed by atoms with Crippen LogP contribution in [0.5, 0.6) is 0 Å². The number of nitrogens with zero attached hydrogens (tertiary/aromatic N) is 2. The van der Waals surface area contributed by atoms with Gasteiger partial charge in [-0.2, -0.15) is 0 Å². The van der Waals surface area contributed by atoms with Gasteiger partial charge in [0, 0.05) is 68.5 Å². The molecule has 2 unspecified atom stereocenters. The molecule has 2 nitrogen and oxygen atoms in total. The number of hydrogen-bond donors (Lipinski definition) is 0. The highest BCUT2D eigenvalue weighted by atomic mass is 32.2. The van der Waals surface area contributed by atoms with Gasteiger partial charge in [-0.15, -0.1) is 34.4 Å². The highest BCUT2D eigenvalue weighted by Gasteiger charge is 2.23. The first-order valence-electron chi connectivity index (χ1n) is 18.3. The second-order valence-corrected chi connectivity index (χ2v) is 17.4. The summed E-state index contributed by atoms with van der Waals surface area (Å²) in [4.78, 5) is 6.94. The van der Waals surface area contributed by atoms with Gasteiger partial charge in [0.05, 0.1) is 22.1 Å². The Hall–Kier alpha value is -5.33. The van der Waals surface area contributed by atoms with Crippen LogP contribution in [0.25, 0.3) is 69.7 Å². The van der Waals surface area contributed by atoms with Gasteiger partial charge < -0.3 is 9.13 Å². The molecular formula is C48H34N2S3. The Morgan fingerprint density at radius 3 is 1.62 bits per heavy atom. The van der Waals surface area contributed by atoms with Gasteiger partial charge in [-0.3, -0.25) is 0 Å². The first-order chi connectivity index (χ1) is 26.3. The van der Waals surface area contributed by atoms with Crippen LogP contribution in [0.1, 0.15) is 39.3 Å². The maximum Gasteiger partial charge on any atom is 0.0541 e. The van der Waals surface area contributed by atoms with Crippen LogP contribution in [0.3, 0.4) is 0 Å². The molecule has 0 amide bonds. The molecular weight excluding hydrogens is 701 g/mol. The van der Waals surface area contributed by atoms with Gasteiger partial charge in [0.1, 0.15) is 0 Å². The van der Waals surface area contributed by atoms with Gasteiger partial charge in [-0.25, -0.2) is 0 Å². The first kappa shape index (κ1) is 31.2. The smallest absolute Gasteiger partial charge is 0.0541 e. The largest absolute Gasteiger partial charge is 0.310 e. The zero-order valence-electron chi connectivity index (χ0n) is 28.9. The molecule has 11 rings (SSSR count). The van der Waals surface area contributed by atoms with Crippen molar-refractivity contribution in [3.8, 4) is 15.4 Å². The highest BCUT2D eigenvalue weighted by molar-refractivity contribution is 8.09. The van der Waals surface area contributed by atoms with Crippen LogP contribution < -0.4 is 0 Å². The molecule has 0 saturated heterocycles. The lowest BCUT2D eigenvalue weighted by molar-refractivity contribution is 0.869. The summed E-state index contributed by atoms with van der Waals surface area (Å²) in [5.74, 6) is 0.403. The predicted molar refractivity (Wildman–Crippen MR) is 232 cm³/mol. The van der Waals surface area contributed by atoms with Gasteiger partial charge in [0.2, 0.25) is 0 Å². The van der Waals surface area contributed by atoms with E-state index in [0.717, 1.165) is 12.8 Å². The van der Waals surface area contributed by atoms with Gasteiger partial charge >= 0.3 is 0 Å². The second-order valence-electron chi connectivity index (χ2n) is 13.9. The molecule has 0 spiro atoms. The fourth-order valence-electron chi connectivity index (χ4n) is 8.34. The van der Waals surface area contributed by atoms with E-state index in [0.29, 0.717) is 11.2 Å². The molecule has 0 saturated carbocycles. The number of rotatable bonds is 6. The van der Waals surface area contributed by atoms with Crippen LogP contribution in [-0.4, -0.2) is 9.13 Å². The SMILES string of the molecule is C1=CC(c2ccc(-c3ccc(C4=CCC(c5ccc(-n6c7ccccc7c7ccccc76)cc5)S4)s3)s2)CC=C1n1c2ccccc2c2ccccc21. The Morgan fingerprint density at radius 1 is 0.472 bits per heavy atom. The minimum absolute atomic E-state index is 0.403. The molecule has 4 aromatic heterocycles. The van der Waals surface area contributed by atoms with Crippen LogP contribution in [0.15, 0.2) is 170 Å². The monoisotopic (exact) mass is 734 g/mol. The van der Waals surface area contributed by atoms with E-state index in [1.165, 1.54) is 85.0 Å².